The Balaban J connectivity index is 2.10. The molecule has 2 aromatic rings. The molecule has 0 bridgehead atoms. The van der Waals surface area contributed by atoms with Gasteiger partial charge in [-0.3, -0.25) is 0 Å². The zero-order valence-corrected chi connectivity index (χ0v) is 12.4. The average molecular weight is 264 g/mol. The molecule has 2 aromatic heterocycles. The van der Waals surface area contributed by atoms with E-state index in [0.29, 0.717) is 6.04 Å². The molecular weight excluding hydrogens is 244 g/mol. The first-order valence-electron chi connectivity index (χ1n) is 6.16. The number of hydrogen-bond donors (Lipinski definition) is 1. The monoisotopic (exact) mass is 264 g/mol. The van der Waals surface area contributed by atoms with Gasteiger partial charge >= 0.3 is 0 Å². The largest absolute Gasteiger partial charge is 0.319 e. The lowest BCUT2D eigenvalue weighted by Crippen LogP contribution is -2.24. The van der Waals surface area contributed by atoms with E-state index in [4.69, 9.17) is 0 Å². The molecule has 0 spiro atoms. The third-order valence-corrected chi connectivity index (χ3v) is 4.16. The van der Waals surface area contributed by atoms with E-state index < -0.39 is 0 Å². The van der Waals surface area contributed by atoms with Crippen molar-refractivity contribution in [3.63, 3.8) is 0 Å². The predicted octanol–water partition coefficient (Wildman–Crippen LogP) is 2.91. The molecule has 2 unspecified atom stereocenters. The summed E-state index contributed by atoms with van der Waals surface area (Å²) in [5.74, 6) is 0.964. The molecule has 5 heteroatoms. The molecule has 4 nitrogen and oxygen atoms in total. The number of thiophene rings is 1. The van der Waals surface area contributed by atoms with Crippen molar-refractivity contribution in [2.75, 3.05) is 0 Å². The van der Waals surface area contributed by atoms with Gasteiger partial charge in [0.25, 0.3) is 0 Å². The third kappa shape index (κ3) is 2.62. The van der Waals surface area contributed by atoms with Crippen LogP contribution in [0.1, 0.15) is 47.1 Å². The Hall–Kier alpha value is -1.20. The van der Waals surface area contributed by atoms with Crippen LogP contribution in [0.3, 0.4) is 0 Å². The Morgan fingerprint density at radius 1 is 1.28 bits per heavy atom. The first-order valence-corrected chi connectivity index (χ1v) is 6.97. The lowest BCUT2D eigenvalue weighted by atomic mass is 10.1. The summed E-state index contributed by atoms with van der Waals surface area (Å²) in [7, 11) is 1.97. The van der Waals surface area contributed by atoms with E-state index in [-0.39, 0.29) is 6.04 Å². The molecule has 18 heavy (non-hydrogen) atoms. The lowest BCUT2D eigenvalue weighted by molar-refractivity contribution is 0.465. The van der Waals surface area contributed by atoms with Crippen LogP contribution in [0, 0.1) is 13.8 Å². The molecule has 2 atom stereocenters. The second kappa shape index (κ2) is 5.20. The van der Waals surface area contributed by atoms with Gasteiger partial charge in [-0.15, -0.1) is 21.5 Å². The van der Waals surface area contributed by atoms with Gasteiger partial charge < -0.3 is 9.88 Å². The molecule has 0 saturated carbocycles. The summed E-state index contributed by atoms with van der Waals surface area (Å²) < 4.78 is 1.95. The van der Waals surface area contributed by atoms with Crippen LogP contribution in [-0.4, -0.2) is 14.8 Å². The smallest absolute Gasteiger partial charge is 0.149 e. The van der Waals surface area contributed by atoms with Gasteiger partial charge in [0.05, 0.1) is 6.04 Å². The van der Waals surface area contributed by atoms with Crippen LogP contribution in [0.4, 0.5) is 0 Å². The van der Waals surface area contributed by atoms with Gasteiger partial charge in [0.1, 0.15) is 12.2 Å². The van der Waals surface area contributed by atoms with E-state index >= 15 is 0 Å². The van der Waals surface area contributed by atoms with Crippen molar-refractivity contribution in [2.45, 2.75) is 39.8 Å². The van der Waals surface area contributed by atoms with Crippen molar-refractivity contribution >= 4 is 11.3 Å². The number of rotatable bonds is 4. The molecule has 0 aliphatic rings. The molecular formula is C13H20N4S. The van der Waals surface area contributed by atoms with E-state index in [1.165, 1.54) is 15.3 Å². The molecule has 0 radical (unpaired) electrons. The normalized spacial score (nSPS) is 14.7. The maximum atomic E-state index is 4.14. The van der Waals surface area contributed by atoms with Crippen LogP contribution >= 0.6 is 11.3 Å². The summed E-state index contributed by atoms with van der Waals surface area (Å²) in [6, 6.07) is 2.77. The van der Waals surface area contributed by atoms with Gasteiger partial charge in [0.2, 0.25) is 0 Å². The highest BCUT2D eigenvalue weighted by Crippen LogP contribution is 2.27. The van der Waals surface area contributed by atoms with Gasteiger partial charge in [-0.05, 0) is 39.3 Å². The lowest BCUT2D eigenvalue weighted by Gasteiger charge is -2.19. The van der Waals surface area contributed by atoms with Crippen molar-refractivity contribution in [2.24, 2.45) is 7.05 Å². The zero-order chi connectivity index (χ0) is 13.3. The highest BCUT2D eigenvalue weighted by Gasteiger charge is 2.17. The van der Waals surface area contributed by atoms with E-state index in [2.05, 4.69) is 49.3 Å². The van der Waals surface area contributed by atoms with Crippen molar-refractivity contribution in [1.82, 2.24) is 20.1 Å². The molecule has 0 amide bonds. The van der Waals surface area contributed by atoms with E-state index in [1.54, 1.807) is 6.33 Å². The first kappa shape index (κ1) is 13.2. The standard InChI is InChI=1S/C13H20N4S/c1-8-6-12(11(4)18-8)9(2)15-10(3)13-16-14-7-17(13)5/h6-7,9-10,15H,1-5H3. The van der Waals surface area contributed by atoms with E-state index in [0.717, 1.165) is 5.82 Å². The van der Waals surface area contributed by atoms with Crippen molar-refractivity contribution < 1.29 is 0 Å². The van der Waals surface area contributed by atoms with Crippen molar-refractivity contribution in [3.05, 3.63) is 33.5 Å². The summed E-state index contributed by atoms with van der Waals surface area (Å²) in [5.41, 5.74) is 1.38. The Bertz CT molecular complexity index is 529. The summed E-state index contributed by atoms with van der Waals surface area (Å²) in [5, 5.41) is 11.6. The Morgan fingerprint density at radius 3 is 2.50 bits per heavy atom. The number of hydrogen-bond acceptors (Lipinski definition) is 4. The molecule has 1 N–H and O–H groups in total. The van der Waals surface area contributed by atoms with Gasteiger partial charge in [-0.25, -0.2) is 0 Å². The molecule has 2 heterocycles. The minimum absolute atomic E-state index is 0.187. The highest BCUT2D eigenvalue weighted by atomic mass is 32.1. The summed E-state index contributed by atoms with van der Waals surface area (Å²) in [6.07, 6.45) is 1.73. The number of nitrogens with zero attached hydrogens (tertiary/aromatic N) is 3. The van der Waals surface area contributed by atoms with Crippen LogP contribution in [0.25, 0.3) is 0 Å². The first-order chi connectivity index (χ1) is 8.49. The minimum Gasteiger partial charge on any atom is -0.319 e. The maximum Gasteiger partial charge on any atom is 0.149 e. The van der Waals surface area contributed by atoms with Gasteiger partial charge in [-0.2, -0.15) is 0 Å². The summed E-state index contributed by atoms with van der Waals surface area (Å²) in [6.45, 7) is 8.65. The van der Waals surface area contributed by atoms with Crippen molar-refractivity contribution in [1.29, 1.82) is 0 Å². The van der Waals surface area contributed by atoms with Gasteiger partial charge in [0, 0.05) is 22.8 Å². The topological polar surface area (TPSA) is 42.7 Å². The van der Waals surface area contributed by atoms with Gasteiger partial charge in [0.15, 0.2) is 0 Å². The average Bonchev–Trinajstić information content (AvgIpc) is 2.84. The van der Waals surface area contributed by atoms with Gasteiger partial charge in [-0.1, -0.05) is 0 Å². The fraction of sp³-hybridized carbons (Fsp3) is 0.538. The second-order valence-electron chi connectivity index (χ2n) is 4.78. The highest BCUT2D eigenvalue weighted by molar-refractivity contribution is 7.12. The second-order valence-corrected chi connectivity index (χ2v) is 6.24. The molecule has 0 aromatic carbocycles. The molecule has 0 fully saturated rings. The van der Waals surface area contributed by atoms with Crippen LogP contribution in [0.2, 0.25) is 0 Å². The third-order valence-electron chi connectivity index (χ3n) is 3.18. The van der Waals surface area contributed by atoms with E-state index in [1.807, 2.05) is 23.0 Å². The van der Waals surface area contributed by atoms with Crippen LogP contribution in [0.5, 0.6) is 0 Å². The Morgan fingerprint density at radius 2 is 2.00 bits per heavy atom. The maximum absolute atomic E-state index is 4.14. The predicted molar refractivity (Wildman–Crippen MR) is 74.8 cm³/mol. The molecule has 0 aliphatic heterocycles. The summed E-state index contributed by atoms with van der Waals surface area (Å²) in [4.78, 5) is 2.75. The van der Waals surface area contributed by atoms with Crippen molar-refractivity contribution in [3.8, 4) is 0 Å². The summed E-state index contributed by atoms with van der Waals surface area (Å²) >= 11 is 1.85. The fourth-order valence-electron chi connectivity index (χ4n) is 2.30. The quantitative estimate of drug-likeness (QED) is 0.923. The van der Waals surface area contributed by atoms with Crippen LogP contribution < -0.4 is 5.32 Å². The van der Waals surface area contributed by atoms with Crippen LogP contribution in [-0.2, 0) is 7.05 Å². The number of aromatic nitrogens is 3. The molecule has 0 aliphatic carbocycles. The molecule has 2 rings (SSSR count). The number of nitrogens with one attached hydrogen (secondary N) is 1. The van der Waals surface area contributed by atoms with E-state index in [9.17, 15) is 0 Å². The van der Waals surface area contributed by atoms with Crippen LogP contribution in [0.15, 0.2) is 12.4 Å². The minimum atomic E-state index is 0.187. The zero-order valence-electron chi connectivity index (χ0n) is 11.6. The fourth-order valence-corrected chi connectivity index (χ4v) is 3.33. The molecule has 98 valence electrons. The molecule has 0 saturated heterocycles. The number of aryl methyl sites for hydroxylation is 3. The SMILES string of the molecule is Cc1cc(C(C)NC(C)c2nncn2C)c(C)s1. The Kier molecular flexibility index (Phi) is 3.82. The Labute approximate surface area is 112 Å².